The van der Waals surface area contributed by atoms with Crippen LogP contribution in [0.15, 0.2) is 59.9 Å². The van der Waals surface area contributed by atoms with Crippen molar-refractivity contribution in [2.75, 3.05) is 0 Å². The van der Waals surface area contributed by atoms with Crippen LogP contribution in [0.3, 0.4) is 0 Å². The molecular formula is C16H14N2OS. The van der Waals surface area contributed by atoms with E-state index in [1.165, 1.54) is 11.8 Å². The molecule has 0 amide bonds. The predicted octanol–water partition coefficient (Wildman–Crippen LogP) is 2.91. The van der Waals surface area contributed by atoms with Crippen LogP contribution in [-0.2, 0) is 17.6 Å². The van der Waals surface area contributed by atoms with Crippen LogP contribution in [0.4, 0.5) is 0 Å². The fourth-order valence-electron chi connectivity index (χ4n) is 2.16. The lowest BCUT2D eigenvalue weighted by Crippen LogP contribution is -2.13. The number of hydrogen-bond acceptors (Lipinski definition) is 4. The van der Waals surface area contributed by atoms with Crippen LogP contribution >= 0.6 is 11.8 Å². The Morgan fingerprint density at radius 1 is 1.00 bits per heavy atom. The van der Waals surface area contributed by atoms with E-state index in [9.17, 15) is 4.79 Å². The number of carbonyl (C=O) groups excluding carboxylic acids is 1. The summed E-state index contributed by atoms with van der Waals surface area (Å²) in [7, 11) is 0. The Hall–Kier alpha value is -1.94. The standard InChI is InChI=1S/C16H14N2OS/c19-16-14(10-12-4-2-1-3-5-12)18-15(20-16)11-13-6-8-17-9-7-13/h1-9,14H,10-11H2. The molecule has 3 nitrogen and oxygen atoms in total. The van der Waals surface area contributed by atoms with Gasteiger partial charge in [-0.05, 0) is 35.0 Å². The second kappa shape index (κ2) is 6.01. The summed E-state index contributed by atoms with van der Waals surface area (Å²) in [6.45, 7) is 0. The van der Waals surface area contributed by atoms with Gasteiger partial charge in [-0.25, -0.2) is 0 Å². The van der Waals surface area contributed by atoms with Gasteiger partial charge in [0.25, 0.3) is 0 Å². The highest BCUT2D eigenvalue weighted by Gasteiger charge is 2.27. The van der Waals surface area contributed by atoms with Crippen molar-refractivity contribution in [3.8, 4) is 0 Å². The number of hydrogen-bond donors (Lipinski definition) is 0. The van der Waals surface area contributed by atoms with E-state index in [2.05, 4.69) is 9.98 Å². The second-order valence-electron chi connectivity index (χ2n) is 4.68. The first-order chi connectivity index (χ1) is 9.81. The maximum atomic E-state index is 12.0. The van der Waals surface area contributed by atoms with Gasteiger partial charge < -0.3 is 0 Å². The number of aliphatic imine (C=N–C) groups is 1. The maximum Gasteiger partial charge on any atom is 0.219 e. The van der Waals surface area contributed by atoms with Gasteiger partial charge in [-0.2, -0.15) is 0 Å². The van der Waals surface area contributed by atoms with Crippen molar-refractivity contribution >= 4 is 21.9 Å². The summed E-state index contributed by atoms with van der Waals surface area (Å²) in [5.41, 5.74) is 2.29. The smallest absolute Gasteiger partial charge is 0.219 e. The van der Waals surface area contributed by atoms with Crippen molar-refractivity contribution in [3.63, 3.8) is 0 Å². The minimum atomic E-state index is -0.237. The van der Waals surface area contributed by atoms with E-state index in [4.69, 9.17) is 0 Å². The number of rotatable bonds is 4. The van der Waals surface area contributed by atoms with Gasteiger partial charge in [0.1, 0.15) is 6.04 Å². The third kappa shape index (κ3) is 3.14. The van der Waals surface area contributed by atoms with E-state index in [-0.39, 0.29) is 11.2 Å². The van der Waals surface area contributed by atoms with Crippen LogP contribution in [0.2, 0.25) is 0 Å². The summed E-state index contributed by atoms with van der Waals surface area (Å²) in [5.74, 6) is 0. The van der Waals surface area contributed by atoms with Gasteiger partial charge in [-0.15, -0.1) is 0 Å². The lowest BCUT2D eigenvalue weighted by atomic mass is 10.1. The van der Waals surface area contributed by atoms with Crippen LogP contribution in [-0.4, -0.2) is 21.2 Å². The molecule has 0 radical (unpaired) electrons. The highest BCUT2D eigenvalue weighted by Crippen LogP contribution is 2.25. The third-order valence-corrected chi connectivity index (χ3v) is 4.13. The molecule has 1 unspecified atom stereocenters. The van der Waals surface area contributed by atoms with Crippen LogP contribution in [0.1, 0.15) is 11.1 Å². The Bertz CT molecular complexity index is 625. The first kappa shape index (κ1) is 13.1. The van der Waals surface area contributed by atoms with E-state index in [0.717, 1.165) is 16.2 Å². The highest BCUT2D eigenvalue weighted by molar-refractivity contribution is 8.26. The molecule has 0 spiro atoms. The molecule has 1 atom stereocenters. The monoisotopic (exact) mass is 282 g/mol. The quantitative estimate of drug-likeness (QED) is 0.866. The highest BCUT2D eigenvalue weighted by atomic mass is 32.2. The molecule has 20 heavy (non-hydrogen) atoms. The summed E-state index contributed by atoms with van der Waals surface area (Å²) in [6.07, 6.45) is 4.92. The van der Waals surface area contributed by atoms with Gasteiger partial charge in [0.05, 0.1) is 5.04 Å². The molecule has 100 valence electrons. The molecule has 1 aromatic carbocycles. The number of carbonyl (C=O) groups is 1. The van der Waals surface area contributed by atoms with Crippen LogP contribution in [0.25, 0.3) is 0 Å². The SMILES string of the molecule is O=C1SC(Cc2ccncc2)=NC1Cc1ccccc1. The van der Waals surface area contributed by atoms with Crippen molar-refractivity contribution in [2.45, 2.75) is 18.9 Å². The number of pyridine rings is 1. The Morgan fingerprint density at radius 2 is 1.75 bits per heavy atom. The number of nitrogens with zero attached hydrogens (tertiary/aromatic N) is 2. The van der Waals surface area contributed by atoms with Crippen molar-refractivity contribution in [1.29, 1.82) is 0 Å². The lowest BCUT2D eigenvalue weighted by molar-refractivity contribution is -0.111. The van der Waals surface area contributed by atoms with E-state index in [1.807, 2.05) is 42.5 Å². The van der Waals surface area contributed by atoms with Gasteiger partial charge in [-0.3, -0.25) is 14.8 Å². The molecule has 0 aliphatic carbocycles. The first-order valence-electron chi connectivity index (χ1n) is 6.52. The molecule has 1 aliphatic rings. The zero-order chi connectivity index (χ0) is 13.8. The van der Waals surface area contributed by atoms with E-state index < -0.39 is 0 Å². The molecule has 3 rings (SSSR count). The summed E-state index contributed by atoms with van der Waals surface area (Å²) < 4.78 is 0. The minimum absolute atomic E-state index is 0.151. The summed E-state index contributed by atoms with van der Waals surface area (Å²) in [4.78, 5) is 20.6. The second-order valence-corrected chi connectivity index (χ2v) is 5.76. The fourth-order valence-corrected chi connectivity index (χ4v) is 3.08. The first-order valence-corrected chi connectivity index (χ1v) is 7.34. The largest absolute Gasteiger partial charge is 0.284 e. The molecule has 2 heterocycles. The molecule has 0 bridgehead atoms. The Labute approximate surface area is 122 Å². The van der Waals surface area contributed by atoms with Gasteiger partial charge in [0, 0.05) is 25.2 Å². The van der Waals surface area contributed by atoms with Crippen LogP contribution < -0.4 is 0 Å². The normalized spacial score (nSPS) is 18.1. The average molecular weight is 282 g/mol. The Kier molecular flexibility index (Phi) is 3.92. The topological polar surface area (TPSA) is 42.3 Å². The number of aromatic nitrogens is 1. The molecule has 0 fully saturated rings. The Morgan fingerprint density at radius 3 is 2.50 bits per heavy atom. The van der Waals surface area contributed by atoms with E-state index in [0.29, 0.717) is 12.8 Å². The van der Waals surface area contributed by atoms with Gasteiger partial charge in [-0.1, -0.05) is 30.3 Å². The van der Waals surface area contributed by atoms with Crippen molar-refractivity contribution in [1.82, 2.24) is 4.98 Å². The van der Waals surface area contributed by atoms with Gasteiger partial charge in [0.15, 0.2) is 0 Å². The molecule has 0 N–H and O–H groups in total. The maximum absolute atomic E-state index is 12.0. The molecule has 1 aliphatic heterocycles. The van der Waals surface area contributed by atoms with Crippen LogP contribution in [0.5, 0.6) is 0 Å². The number of benzene rings is 1. The van der Waals surface area contributed by atoms with E-state index >= 15 is 0 Å². The summed E-state index contributed by atoms with van der Waals surface area (Å²) >= 11 is 1.28. The van der Waals surface area contributed by atoms with Crippen molar-refractivity contribution < 1.29 is 4.79 Å². The van der Waals surface area contributed by atoms with Gasteiger partial charge >= 0.3 is 0 Å². The van der Waals surface area contributed by atoms with Gasteiger partial charge in [0.2, 0.25) is 5.12 Å². The molecule has 4 heteroatoms. The Balaban J connectivity index is 1.69. The third-order valence-electron chi connectivity index (χ3n) is 3.17. The molecule has 1 aromatic heterocycles. The van der Waals surface area contributed by atoms with Crippen LogP contribution in [0, 0.1) is 0 Å². The zero-order valence-electron chi connectivity index (χ0n) is 10.9. The summed E-state index contributed by atoms with van der Waals surface area (Å²) in [5, 5.41) is 1.06. The molecule has 0 saturated carbocycles. The van der Waals surface area contributed by atoms with Crippen molar-refractivity contribution in [3.05, 3.63) is 66.0 Å². The fraction of sp³-hybridized carbons (Fsp3) is 0.188. The van der Waals surface area contributed by atoms with Crippen molar-refractivity contribution in [2.24, 2.45) is 4.99 Å². The minimum Gasteiger partial charge on any atom is -0.284 e. The predicted molar refractivity (Wildman–Crippen MR) is 81.9 cm³/mol. The average Bonchev–Trinajstić information content (AvgIpc) is 2.81. The lowest BCUT2D eigenvalue weighted by Gasteiger charge is -2.03. The zero-order valence-corrected chi connectivity index (χ0v) is 11.7. The molecular weight excluding hydrogens is 268 g/mol. The molecule has 2 aromatic rings. The summed E-state index contributed by atoms with van der Waals surface area (Å²) in [6, 6.07) is 13.7. The van der Waals surface area contributed by atoms with E-state index in [1.54, 1.807) is 12.4 Å². The number of thioether (sulfide) groups is 1. The molecule has 0 saturated heterocycles.